The molecule has 1 unspecified atom stereocenters. The van der Waals surface area contributed by atoms with Crippen LogP contribution in [0.25, 0.3) is 11.1 Å². The number of nitrogens with one attached hydrogen (secondary N) is 2. The lowest BCUT2D eigenvalue weighted by atomic mass is 9.98. The lowest BCUT2D eigenvalue weighted by molar-refractivity contribution is -0.142. The van der Waals surface area contributed by atoms with E-state index in [1.165, 1.54) is 11.3 Å². The third-order valence-electron chi connectivity index (χ3n) is 6.02. The highest BCUT2D eigenvalue weighted by Crippen LogP contribution is 2.44. The van der Waals surface area contributed by atoms with Gasteiger partial charge in [-0.2, -0.15) is 0 Å². The van der Waals surface area contributed by atoms with Gasteiger partial charge in [-0.3, -0.25) is 4.79 Å². The zero-order valence-electron chi connectivity index (χ0n) is 19.6. The van der Waals surface area contributed by atoms with E-state index in [0.29, 0.717) is 4.88 Å². The van der Waals surface area contributed by atoms with Gasteiger partial charge in [-0.25, -0.2) is 9.59 Å². The number of thiophene rings is 1. The highest BCUT2D eigenvalue weighted by molar-refractivity contribution is 7.10. The summed E-state index contributed by atoms with van der Waals surface area (Å²) in [5.41, 5.74) is 4.43. The van der Waals surface area contributed by atoms with Crippen molar-refractivity contribution in [1.29, 1.82) is 0 Å². The van der Waals surface area contributed by atoms with Crippen molar-refractivity contribution in [3.63, 3.8) is 0 Å². The van der Waals surface area contributed by atoms with E-state index >= 15 is 0 Å². The van der Waals surface area contributed by atoms with Crippen molar-refractivity contribution in [2.24, 2.45) is 5.92 Å². The Morgan fingerprint density at radius 2 is 1.57 bits per heavy atom. The predicted octanol–water partition coefficient (Wildman–Crippen LogP) is 4.94. The molecule has 0 spiro atoms. The van der Waals surface area contributed by atoms with Crippen LogP contribution in [0.15, 0.2) is 66.0 Å². The van der Waals surface area contributed by atoms with E-state index in [9.17, 15) is 19.5 Å². The monoisotopic (exact) mass is 492 g/mol. The van der Waals surface area contributed by atoms with Gasteiger partial charge >= 0.3 is 12.1 Å². The standard InChI is InChI=1S/C27H28N2O5S/c1-16(2)14-22(26(31)32)28-25(30)24(23-12-7-13-35-23)29-27(33)34-15-21-19-10-5-3-8-17(19)18-9-4-6-11-20(18)21/h3-13,16,21-22,24H,14-15H2,1-2H3,(H,28,30)(H,29,33)(H,31,32)/t22-,24?/m0/s1. The number of carboxylic acid groups (broad SMARTS) is 1. The first kappa shape index (κ1) is 24.5. The minimum absolute atomic E-state index is 0.0756. The molecule has 0 saturated carbocycles. The van der Waals surface area contributed by atoms with Crippen LogP contribution in [-0.4, -0.2) is 35.7 Å². The zero-order chi connectivity index (χ0) is 24.9. The minimum atomic E-state index is -1.11. The number of benzene rings is 2. The number of alkyl carbamates (subject to hydrolysis) is 1. The summed E-state index contributed by atoms with van der Waals surface area (Å²) in [6, 6.07) is 17.5. The van der Waals surface area contributed by atoms with Gasteiger partial charge in [0.2, 0.25) is 5.91 Å². The van der Waals surface area contributed by atoms with Crippen LogP contribution in [0.5, 0.6) is 0 Å². The molecule has 0 saturated heterocycles. The van der Waals surface area contributed by atoms with Crippen molar-refractivity contribution in [1.82, 2.24) is 10.6 Å². The van der Waals surface area contributed by atoms with Crippen molar-refractivity contribution >= 4 is 29.3 Å². The maximum atomic E-state index is 13.0. The van der Waals surface area contributed by atoms with Crippen LogP contribution in [0.2, 0.25) is 0 Å². The second kappa shape index (κ2) is 10.7. The molecule has 1 aromatic heterocycles. The molecular weight excluding hydrogens is 464 g/mol. The fourth-order valence-electron chi connectivity index (χ4n) is 4.43. The van der Waals surface area contributed by atoms with Crippen molar-refractivity contribution < 1.29 is 24.2 Å². The summed E-state index contributed by atoms with van der Waals surface area (Å²) >= 11 is 1.30. The topological polar surface area (TPSA) is 105 Å². The zero-order valence-corrected chi connectivity index (χ0v) is 20.4. The van der Waals surface area contributed by atoms with Gasteiger partial charge in [-0.1, -0.05) is 68.4 Å². The molecule has 182 valence electrons. The third-order valence-corrected chi connectivity index (χ3v) is 6.95. The number of fused-ring (bicyclic) bond motifs is 3. The first-order valence-electron chi connectivity index (χ1n) is 11.5. The van der Waals surface area contributed by atoms with Crippen molar-refractivity contribution in [2.45, 2.75) is 38.3 Å². The Labute approximate surface area is 208 Å². The number of hydrogen-bond acceptors (Lipinski definition) is 5. The van der Waals surface area contributed by atoms with Gasteiger partial charge < -0.3 is 20.5 Å². The molecule has 3 aromatic rings. The van der Waals surface area contributed by atoms with E-state index in [1.807, 2.05) is 50.2 Å². The van der Waals surface area contributed by atoms with Crippen molar-refractivity contribution in [3.8, 4) is 11.1 Å². The molecule has 3 N–H and O–H groups in total. The molecule has 1 aliphatic carbocycles. The molecule has 1 heterocycles. The molecule has 35 heavy (non-hydrogen) atoms. The first-order valence-corrected chi connectivity index (χ1v) is 12.4. The van der Waals surface area contributed by atoms with Crippen molar-refractivity contribution in [2.75, 3.05) is 6.61 Å². The van der Waals surface area contributed by atoms with Crippen LogP contribution in [-0.2, 0) is 14.3 Å². The molecule has 2 amide bonds. The van der Waals surface area contributed by atoms with E-state index in [1.54, 1.807) is 17.5 Å². The summed E-state index contributed by atoms with van der Waals surface area (Å²) < 4.78 is 5.59. The van der Waals surface area contributed by atoms with Gasteiger partial charge in [0.15, 0.2) is 0 Å². The number of carboxylic acids is 1. The number of hydrogen-bond donors (Lipinski definition) is 3. The third kappa shape index (κ3) is 5.54. The van der Waals surface area contributed by atoms with Crippen LogP contribution in [0.1, 0.15) is 48.2 Å². The Kier molecular flexibility index (Phi) is 7.51. The highest BCUT2D eigenvalue weighted by atomic mass is 32.1. The quantitative estimate of drug-likeness (QED) is 0.392. The maximum Gasteiger partial charge on any atom is 0.408 e. The van der Waals surface area contributed by atoms with Gasteiger partial charge in [0.1, 0.15) is 18.7 Å². The number of amides is 2. The molecular formula is C27H28N2O5S. The normalized spacial score (nSPS) is 14.0. The number of carbonyl (C=O) groups excluding carboxylic acids is 2. The van der Waals surface area contributed by atoms with E-state index in [0.717, 1.165) is 22.3 Å². The van der Waals surface area contributed by atoms with Gasteiger partial charge in [0.25, 0.3) is 0 Å². The van der Waals surface area contributed by atoms with Gasteiger partial charge in [0.05, 0.1) is 0 Å². The first-order chi connectivity index (χ1) is 16.8. The number of carbonyl (C=O) groups is 3. The minimum Gasteiger partial charge on any atom is -0.480 e. The van der Waals surface area contributed by atoms with Crippen molar-refractivity contribution in [3.05, 3.63) is 82.0 Å². The Bertz CT molecular complexity index is 1160. The fourth-order valence-corrected chi connectivity index (χ4v) is 5.20. The Morgan fingerprint density at radius 1 is 0.943 bits per heavy atom. The average molecular weight is 493 g/mol. The van der Waals surface area contributed by atoms with Crippen LogP contribution in [0.4, 0.5) is 4.79 Å². The Balaban J connectivity index is 1.46. The summed E-state index contributed by atoms with van der Waals surface area (Å²) in [4.78, 5) is 38.0. The van der Waals surface area contributed by atoms with Gasteiger partial charge in [0, 0.05) is 10.8 Å². The Morgan fingerprint density at radius 3 is 2.11 bits per heavy atom. The molecule has 0 fully saturated rings. The van der Waals surface area contributed by atoms with E-state index < -0.39 is 30.1 Å². The molecule has 1 aliphatic rings. The van der Waals surface area contributed by atoms with E-state index in [4.69, 9.17) is 4.74 Å². The Hall–Kier alpha value is -3.65. The highest BCUT2D eigenvalue weighted by Gasteiger charge is 2.31. The summed E-state index contributed by atoms with van der Waals surface area (Å²) in [5, 5.41) is 16.5. The van der Waals surface area contributed by atoms with Gasteiger partial charge in [-0.05, 0) is 46.0 Å². The van der Waals surface area contributed by atoms with Crippen LogP contribution in [0.3, 0.4) is 0 Å². The smallest absolute Gasteiger partial charge is 0.408 e. The molecule has 0 bridgehead atoms. The maximum absolute atomic E-state index is 13.0. The van der Waals surface area contributed by atoms with E-state index in [-0.39, 0.29) is 24.9 Å². The molecule has 7 nitrogen and oxygen atoms in total. The lowest BCUT2D eigenvalue weighted by Crippen LogP contribution is -2.47. The number of rotatable bonds is 9. The molecule has 8 heteroatoms. The average Bonchev–Trinajstić information content (AvgIpc) is 3.47. The SMILES string of the molecule is CC(C)C[C@H](NC(=O)C(NC(=O)OCC1c2ccccc2-c2ccccc21)c1cccs1)C(=O)O. The molecule has 2 aromatic carbocycles. The molecule has 4 rings (SSSR count). The van der Waals surface area contributed by atoms with Crippen LogP contribution >= 0.6 is 11.3 Å². The number of ether oxygens (including phenoxy) is 1. The summed E-state index contributed by atoms with van der Waals surface area (Å²) in [6.07, 6.45) is -0.459. The lowest BCUT2D eigenvalue weighted by Gasteiger charge is -2.22. The molecule has 0 aliphatic heterocycles. The fraction of sp³-hybridized carbons (Fsp3) is 0.296. The number of aliphatic carboxylic acids is 1. The second-order valence-electron chi connectivity index (χ2n) is 8.95. The molecule has 2 atom stereocenters. The van der Waals surface area contributed by atoms with Gasteiger partial charge in [-0.15, -0.1) is 11.3 Å². The summed E-state index contributed by atoms with van der Waals surface area (Å²) in [6.45, 7) is 3.88. The second-order valence-corrected chi connectivity index (χ2v) is 9.93. The largest absolute Gasteiger partial charge is 0.480 e. The summed E-state index contributed by atoms with van der Waals surface area (Å²) in [7, 11) is 0. The predicted molar refractivity (Wildman–Crippen MR) is 134 cm³/mol. The summed E-state index contributed by atoms with van der Waals surface area (Å²) in [5.74, 6) is -1.73. The van der Waals surface area contributed by atoms with Crippen LogP contribution < -0.4 is 10.6 Å². The molecule has 0 radical (unpaired) electrons. The van der Waals surface area contributed by atoms with Crippen LogP contribution in [0, 0.1) is 5.92 Å². The van der Waals surface area contributed by atoms with E-state index in [2.05, 4.69) is 22.8 Å².